The summed E-state index contributed by atoms with van der Waals surface area (Å²) in [7, 11) is 2.12. The summed E-state index contributed by atoms with van der Waals surface area (Å²) in [4.78, 5) is 0. The van der Waals surface area contributed by atoms with E-state index >= 15 is 0 Å². The lowest BCUT2D eigenvalue weighted by Gasteiger charge is -2.10. The van der Waals surface area contributed by atoms with Crippen LogP contribution in [-0.2, 0) is 7.05 Å². The van der Waals surface area contributed by atoms with Gasteiger partial charge in [0.25, 0.3) is 0 Å². The lowest BCUT2D eigenvalue weighted by Crippen LogP contribution is -2.30. The van der Waals surface area contributed by atoms with Crippen molar-refractivity contribution in [1.29, 1.82) is 0 Å². The molecule has 2 heteroatoms. The van der Waals surface area contributed by atoms with Gasteiger partial charge in [0, 0.05) is 23.4 Å². The van der Waals surface area contributed by atoms with Crippen LogP contribution in [-0.4, -0.2) is 0 Å². The molecule has 4 aromatic rings. The van der Waals surface area contributed by atoms with E-state index in [0.29, 0.717) is 0 Å². The summed E-state index contributed by atoms with van der Waals surface area (Å²) in [5.41, 5.74) is 11.6. The van der Waals surface area contributed by atoms with E-state index < -0.39 is 0 Å². The molecular weight excluding hydrogens is 268 g/mol. The first-order valence-corrected chi connectivity index (χ1v) is 7.41. The van der Waals surface area contributed by atoms with Gasteiger partial charge in [0.2, 0.25) is 11.0 Å². The summed E-state index contributed by atoms with van der Waals surface area (Å²) in [5.74, 6) is 0. The largest absolute Gasteiger partial charge is 0.399 e. The number of aryl methyl sites for hydroxylation is 1. The Morgan fingerprint density at radius 3 is 1.73 bits per heavy atom. The number of nitrogen functional groups attached to an aromatic ring is 1. The number of para-hydroxylation sites is 2. The van der Waals surface area contributed by atoms with Crippen LogP contribution in [0.1, 0.15) is 0 Å². The van der Waals surface area contributed by atoms with Crippen LogP contribution in [0.15, 0.2) is 72.8 Å². The molecule has 0 bridgehead atoms. The highest BCUT2D eigenvalue weighted by Crippen LogP contribution is 2.33. The fourth-order valence-electron chi connectivity index (χ4n) is 3.19. The molecular formula is C20H17N2+. The molecule has 1 aromatic heterocycles. The predicted molar refractivity (Wildman–Crippen MR) is 92.5 cm³/mol. The van der Waals surface area contributed by atoms with E-state index in [1.165, 1.54) is 32.9 Å². The molecule has 3 aromatic carbocycles. The average Bonchev–Trinajstić information content (AvgIpc) is 2.57. The molecule has 0 aliphatic carbocycles. The summed E-state index contributed by atoms with van der Waals surface area (Å²) >= 11 is 0. The second-order valence-corrected chi connectivity index (χ2v) is 5.59. The molecule has 1 heterocycles. The average molecular weight is 285 g/mol. The van der Waals surface area contributed by atoms with Crippen molar-refractivity contribution in [2.45, 2.75) is 0 Å². The Morgan fingerprint density at radius 2 is 1.18 bits per heavy atom. The summed E-state index contributed by atoms with van der Waals surface area (Å²) in [6, 6.07) is 25.2. The minimum atomic E-state index is 0.791. The van der Waals surface area contributed by atoms with Gasteiger partial charge in [-0.15, -0.1) is 0 Å². The van der Waals surface area contributed by atoms with Gasteiger partial charge in [0.05, 0.1) is 10.8 Å². The zero-order valence-electron chi connectivity index (χ0n) is 12.5. The Morgan fingerprint density at radius 1 is 0.682 bits per heavy atom. The summed E-state index contributed by atoms with van der Waals surface area (Å²) in [6.07, 6.45) is 0. The predicted octanol–water partition coefficient (Wildman–Crippen LogP) is 4.07. The van der Waals surface area contributed by atoms with Gasteiger partial charge in [0.15, 0.2) is 0 Å². The lowest BCUT2D eigenvalue weighted by molar-refractivity contribution is -0.617. The normalized spacial score (nSPS) is 11.1. The molecule has 22 heavy (non-hydrogen) atoms. The third-order valence-electron chi connectivity index (χ3n) is 4.27. The molecule has 0 spiro atoms. The molecule has 0 unspecified atom stereocenters. The number of fused-ring (bicyclic) bond motifs is 2. The molecule has 0 amide bonds. The zero-order valence-corrected chi connectivity index (χ0v) is 12.5. The fourth-order valence-corrected chi connectivity index (χ4v) is 3.19. The standard InChI is InChI=1S/C20H16N2/c1-22-18-8-4-2-6-16(18)20(14-10-12-15(21)13-11-14)17-7-3-5-9-19(17)22/h2-13,21H,1H3/p+1. The molecule has 4 rings (SSSR count). The summed E-state index contributed by atoms with van der Waals surface area (Å²) in [5, 5.41) is 2.52. The Balaban J connectivity index is 2.23. The Hall–Kier alpha value is -2.87. The van der Waals surface area contributed by atoms with Gasteiger partial charge < -0.3 is 5.73 Å². The molecule has 0 aliphatic rings. The van der Waals surface area contributed by atoms with Gasteiger partial charge in [0.1, 0.15) is 7.05 Å². The van der Waals surface area contributed by atoms with Crippen molar-refractivity contribution in [3.63, 3.8) is 0 Å². The van der Waals surface area contributed by atoms with Crippen LogP contribution in [0.5, 0.6) is 0 Å². The third-order valence-corrected chi connectivity index (χ3v) is 4.27. The molecule has 2 nitrogen and oxygen atoms in total. The Kier molecular flexibility index (Phi) is 2.83. The number of anilines is 1. The molecule has 0 atom stereocenters. The highest BCUT2D eigenvalue weighted by Gasteiger charge is 2.17. The first-order chi connectivity index (χ1) is 10.8. The van der Waals surface area contributed by atoms with Crippen molar-refractivity contribution in [2.24, 2.45) is 7.05 Å². The second-order valence-electron chi connectivity index (χ2n) is 5.59. The van der Waals surface area contributed by atoms with E-state index in [-0.39, 0.29) is 0 Å². The topological polar surface area (TPSA) is 29.9 Å². The maximum Gasteiger partial charge on any atom is 0.213 e. The minimum absolute atomic E-state index is 0.791. The van der Waals surface area contributed by atoms with Crippen molar-refractivity contribution in [2.75, 3.05) is 5.73 Å². The van der Waals surface area contributed by atoms with Crippen molar-refractivity contribution >= 4 is 27.5 Å². The molecule has 0 radical (unpaired) electrons. The van der Waals surface area contributed by atoms with E-state index in [9.17, 15) is 0 Å². The van der Waals surface area contributed by atoms with Crippen molar-refractivity contribution in [3.8, 4) is 11.1 Å². The molecule has 0 aliphatic heterocycles. The van der Waals surface area contributed by atoms with Crippen LogP contribution in [0, 0.1) is 0 Å². The number of rotatable bonds is 1. The van der Waals surface area contributed by atoms with Gasteiger partial charge >= 0.3 is 0 Å². The van der Waals surface area contributed by atoms with E-state index in [2.05, 4.69) is 72.3 Å². The van der Waals surface area contributed by atoms with Crippen LogP contribution in [0.4, 0.5) is 5.69 Å². The summed E-state index contributed by atoms with van der Waals surface area (Å²) < 4.78 is 2.26. The van der Waals surface area contributed by atoms with Crippen molar-refractivity contribution in [3.05, 3.63) is 72.8 Å². The molecule has 0 fully saturated rings. The number of hydrogen-bond donors (Lipinski definition) is 1. The number of benzene rings is 3. The zero-order chi connectivity index (χ0) is 15.1. The molecule has 0 saturated carbocycles. The molecule has 2 N–H and O–H groups in total. The second kappa shape index (κ2) is 4.85. The first-order valence-electron chi connectivity index (χ1n) is 7.41. The number of pyridine rings is 1. The van der Waals surface area contributed by atoms with Gasteiger partial charge in [-0.1, -0.05) is 36.4 Å². The van der Waals surface area contributed by atoms with Gasteiger partial charge in [-0.2, -0.15) is 4.57 Å². The summed E-state index contributed by atoms with van der Waals surface area (Å²) in [6.45, 7) is 0. The lowest BCUT2D eigenvalue weighted by atomic mass is 9.95. The fraction of sp³-hybridized carbons (Fsp3) is 0.0500. The van der Waals surface area contributed by atoms with E-state index in [0.717, 1.165) is 5.69 Å². The molecule has 106 valence electrons. The van der Waals surface area contributed by atoms with Crippen molar-refractivity contribution < 1.29 is 4.57 Å². The number of nitrogens with zero attached hydrogens (tertiary/aromatic N) is 1. The van der Waals surface area contributed by atoms with Crippen LogP contribution >= 0.6 is 0 Å². The SMILES string of the molecule is C[n+]1c2ccccc2c(-c2ccc(N)cc2)c2ccccc21. The highest BCUT2D eigenvalue weighted by molar-refractivity contribution is 6.07. The quantitative estimate of drug-likeness (QED) is 0.319. The number of hydrogen-bond acceptors (Lipinski definition) is 1. The maximum atomic E-state index is 5.85. The van der Waals surface area contributed by atoms with E-state index in [4.69, 9.17) is 5.73 Å². The number of nitrogens with two attached hydrogens (primary N) is 1. The van der Waals surface area contributed by atoms with Crippen molar-refractivity contribution in [1.82, 2.24) is 0 Å². The number of aromatic nitrogens is 1. The van der Waals surface area contributed by atoms with Gasteiger partial charge in [-0.05, 0) is 29.8 Å². The third kappa shape index (κ3) is 1.85. The monoisotopic (exact) mass is 285 g/mol. The van der Waals surface area contributed by atoms with Crippen LogP contribution < -0.4 is 10.3 Å². The maximum absolute atomic E-state index is 5.85. The Bertz CT molecular complexity index is 929. The van der Waals surface area contributed by atoms with Crippen LogP contribution in [0.25, 0.3) is 32.9 Å². The molecule has 0 saturated heterocycles. The van der Waals surface area contributed by atoms with Gasteiger partial charge in [-0.3, -0.25) is 0 Å². The van der Waals surface area contributed by atoms with Gasteiger partial charge in [-0.25, -0.2) is 0 Å². The first kappa shape index (κ1) is 12.8. The van der Waals surface area contributed by atoms with E-state index in [1.807, 2.05) is 12.1 Å². The van der Waals surface area contributed by atoms with Crippen LogP contribution in [0.2, 0.25) is 0 Å². The minimum Gasteiger partial charge on any atom is -0.399 e. The van der Waals surface area contributed by atoms with Crippen LogP contribution in [0.3, 0.4) is 0 Å². The smallest absolute Gasteiger partial charge is 0.213 e. The Labute approximate surface area is 129 Å². The van der Waals surface area contributed by atoms with E-state index in [1.54, 1.807) is 0 Å². The highest BCUT2D eigenvalue weighted by atomic mass is 14.9.